The minimum Gasteiger partial charge on any atom is -0.434 e. The molecule has 6 heteroatoms. The first-order chi connectivity index (χ1) is 6.02. The number of halogens is 5. The summed E-state index contributed by atoms with van der Waals surface area (Å²) in [7, 11) is 0. The molecule has 0 aliphatic heterocycles. The second-order valence-electron chi connectivity index (χ2n) is 2.05. The highest BCUT2D eigenvalue weighted by molar-refractivity contribution is 14.1. The van der Waals surface area contributed by atoms with Crippen LogP contribution in [0.3, 0.4) is 0 Å². The van der Waals surface area contributed by atoms with Gasteiger partial charge in [-0.3, -0.25) is 0 Å². The molecule has 0 saturated carbocycles. The first-order valence-electron chi connectivity index (χ1n) is 3.10. The van der Waals surface area contributed by atoms with Crippen molar-refractivity contribution in [1.29, 1.82) is 0 Å². The molecule has 0 atom stereocenters. The van der Waals surface area contributed by atoms with Crippen molar-refractivity contribution in [2.45, 2.75) is 6.61 Å². The maximum Gasteiger partial charge on any atom is 0.387 e. The summed E-state index contributed by atoms with van der Waals surface area (Å²) in [6.45, 7) is -2.79. The summed E-state index contributed by atoms with van der Waals surface area (Å²) in [5, 5.41) is 0. The molecule has 0 aromatic heterocycles. The van der Waals surface area contributed by atoms with Crippen molar-refractivity contribution in [3.8, 4) is 5.75 Å². The number of hydrogen-bond donors (Lipinski definition) is 0. The van der Waals surface area contributed by atoms with Crippen LogP contribution in [0.1, 0.15) is 0 Å². The van der Waals surface area contributed by atoms with E-state index in [9.17, 15) is 8.78 Å². The number of rotatable bonds is 2. The van der Waals surface area contributed by atoms with Gasteiger partial charge in [-0.05, 0) is 66.6 Å². The molecule has 72 valence electrons. The van der Waals surface area contributed by atoms with Crippen molar-refractivity contribution in [2.24, 2.45) is 0 Å². The van der Waals surface area contributed by atoms with Gasteiger partial charge in [-0.2, -0.15) is 8.78 Å². The second-order valence-corrected chi connectivity index (χ2v) is 4.78. The molecular formula is C7H3Br2F2IO. The molecule has 0 unspecified atom stereocenters. The van der Waals surface area contributed by atoms with E-state index >= 15 is 0 Å². The summed E-state index contributed by atoms with van der Waals surface area (Å²) in [6, 6.07) is 3.13. The van der Waals surface area contributed by atoms with Crippen LogP contribution < -0.4 is 4.74 Å². The number of benzene rings is 1. The predicted octanol–water partition coefficient (Wildman–Crippen LogP) is 4.42. The van der Waals surface area contributed by atoms with Crippen molar-refractivity contribution in [1.82, 2.24) is 0 Å². The van der Waals surface area contributed by atoms with Crippen molar-refractivity contribution in [2.75, 3.05) is 0 Å². The van der Waals surface area contributed by atoms with E-state index in [2.05, 4.69) is 36.6 Å². The SMILES string of the molecule is FC(F)Oc1ccc(Br)c(Br)c1I. The fourth-order valence-corrected chi connectivity index (χ4v) is 2.32. The van der Waals surface area contributed by atoms with Gasteiger partial charge in [0.15, 0.2) is 0 Å². The van der Waals surface area contributed by atoms with E-state index in [0.29, 0.717) is 8.04 Å². The van der Waals surface area contributed by atoms with Crippen LogP contribution in [0.15, 0.2) is 21.1 Å². The van der Waals surface area contributed by atoms with Crippen LogP contribution in [0.25, 0.3) is 0 Å². The molecule has 0 aliphatic rings. The molecule has 0 radical (unpaired) electrons. The van der Waals surface area contributed by atoms with Gasteiger partial charge in [0, 0.05) is 8.95 Å². The standard InChI is InChI=1S/C7H3Br2F2IO/c8-3-1-2-4(13-7(10)11)6(12)5(3)9/h1-2,7H. The molecule has 0 bridgehead atoms. The Morgan fingerprint density at radius 2 is 1.92 bits per heavy atom. The lowest BCUT2D eigenvalue weighted by molar-refractivity contribution is -0.0504. The lowest BCUT2D eigenvalue weighted by atomic mass is 10.3. The van der Waals surface area contributed by atoms with Gasteiger partial charge in [0.2, 0.25) is 0 Å². The Labute approximate surface area is 104 Å². The van der Waals surface area contributed by atoms with Gasteiger partial charge in [0.1, 0.15) is 5.75 Å². The zero-order valence-electron chi connectivity index (χ0n) is 6.03. The lowest BCUT2D eigenvalue weighted by Gasteiger charge is -2.08. The summed E-state index contributed by atoms with van der Waals surface area (Å²) in [6.07, 6.45) is 0. The molecule has 1 aromatic rings. The van der Waals surface area contributed by atoms with Crippen molar-refractivity contribution in [3.05, 3.63) is 24.6 Å². The van der Waals surface area contributed by atoms with Gasteiger partial charge < -0.3 is 4.74 Å². The molecule has 1 rings (SSSR count). The maximum atomic E-state index is 11.9. The fraction of sp³-hybridized carbons (Fsp3) is 0.143. The average molecular weight is 428 g/mol. The highest BCUT2D eigenvalue weighted by atomic mass is 127. The van der Waals surface area contributed by atoms with Crippen molar-refractivity contribution >= 4 is 54.5 Å². The van der Waals surface area contributed by atoms with Crippen LogP contribution >= 0.6 is 54.5 Å². The third-order valence-corrected chi connectivity index (χ3v) is 5.04. The first-order valence-corrected chi connectivity index (χ1v) is 5.77. The molecule has 0 spiro atoms. The zero-order valence-corrected chi connectivity index (χ0v) is 11.4. The third-order valence-electron chi connectivity index (χ3n) is 1.22. The van der Waals surface area contributed by atoms with Crippen LogP contribution in [0.5, 0.6) is 5.75 Å². The Morgan fingerprint density at radius 1 is 1.31 bits per heavy atom. The van der Waals surface area contributed by atoms with Crippen molar-refractivity contribution < 1.29 is 13.5 Å². The smallest absolute Gasteiger partial charge is 0.387 e. The molecule has 1 aromatic carbocycles. The summed E-state index contributed by atoms with van der Waals surface area (Å²) in [4.78, 5) is 0. The summed E-state index contributed by atoms with van der Waals surface area (Å²) in [5.41, 5.74) is 0. The maximum absolute atomic E-state index is 11.9. The van der Waals surface area contributed by atoms with Gasteiger partial charge in [0.05, 0.1) is 3.57 Å². The highest BCUT2D eigenvalue weighted by Gasteiger charge is 2.12. The van der Waals surface area contributed by atoms with Gasteiger partial charge in [0.25, 0.3) is 0 Å². The first kappa shape index (κ1) is 11.6. The Balaban J connectivity index is 3.04. The van der Waals surface area contributed by atoms with Crippen molar-refractivity contribution in [3.63, 3.8) is 0 Å². The van der Waals surface area contributed by atoms with Gasteiger partial charge >= 0.3 is 6.61 Å². The monoisotopic (exact) mass is 426 g/mol. The molecule has 1 nitrogen and oxygen atoms in total. The zero-order chi connectivity index (χ0) is 10.0. The van der Waals surface area contributed by atoms with Gasteiger partial charge in [-0.1, -0.05) is 0 Å². The van der Waals surface area contributed by atoms with E-state index in [1.807, 2.05) is 22.6 Å². The van der Waals surface area contributed by atoms with Crippen LogP contribution in [0.4, 0.5) is 8.78 Å². The Kier molecular flexibility index (Phi) is 4.37. The highest BCUT2D eigenvalue weighted by Crippen LogP contribution is 2.35. The molecule has 0 heterocycles. The van der Waals surface area contributed by atoms with E-state index in [1.165, 1.54) is 6.07 Å². The number of ether oxygens (including phenoxy) is 1. The Morgan fingerprint density at radius 3 is 2.46 bits per heavy atom. The molecule has 0 N–H and O–H groups in total. The molecule has 0 aliphatic carbocycles. The quantitative estimate of drug-likeness (QED) is 0.501. The van der Waals surface area contributed by atoms with E-state index in [0.717, 1.165) is 4.47 Å². The van der Waals surface area contributed by atoms with E-state index < -0.39 is 6.61 Å². The lowest BCUT2D eigenvalue weighted by Crippen LogP contribution is -2.03. The Hall–Kier alpha value is 0.570. The van der Waals surface area contributed by atoms with Crippen LogP contribution in [0, 0.1) is 3.57 Å². The van der Waals surface area contributed by atoms with Crippen LogP contribution in [-0.4, -0.2) is 6.61 Å². The summed E-state index contributed by atoms with van der Waals surface area (Å²) < 4.78 is 30.2. The number of hydrogen-bond acceptors (Lipinski definition) is 1. The molecular weight excluding hydrogens is 425 g/mol. The van der Waals surface area contributed by atoms with Gasteiger partial charge in [-0.15, -0.1) is 0 Å². The molecule has 13 heavy (non-hydrogen) atoms. The number of alkyl halides is 2. The average Bonchev–Trinajstić information content (AvgIpc) is 2.06. The normalized spacial score (nSPS) is 10.6. The third kappa shape index (κ3) is 3.02. The molecule has 0 amide bonds. The Bertz CT molecular complexity index is 320. The topological polar surface area (TPSA) is 9.23 Å². The van der Waals surface area contributed by atoms with E-state index in [4.69, 9.17) is 0 Å². The molecule has 0 fully saturated rings. The fourth-order valence-electron chi connectivity index (χ4n) is 0.695. The largest absolute Gasteiger partial charge is 0.434 e. The van der Waals surface area contributed by atoms with Crippen LogP contribution in [-0.2, 0) is 0 Å². The van der Waals surface area contributed by atoms with E-state index in [1.54, 1.807) is 6.07 Å². The molecule has 0 saturated heterocycles. The minimum atomic E-state index is -2.79. The predicted molar refractivity (Wildman–Crippen MR) is 61.2 cm³/mol. The van der Waals surface area contributed by atoms with E-state index in [-0.39, 0.29) is 5.75 Å². The second kappa shape index (κ2) is 4.88. The summed E-state index contributed by atoms with van der Waals surface area (Å²) in [5.74, 6) is 0.172. The minimum absolute atomic E-state index is 0.172. The van der Waals surface area contributed by atoms with Gasteiger partial charge in [-0.25, -0.2) is 0 Å². The summed E-state index contributed by atoms with van der Waals surface area (Å²) >= 11 is 8.42. The van der Waals surface area contributed by atoms with Crippen LogP contribution in [0.2, 0.25) is 0 Å².